The van der Waals surface area contributed by atoms with Gasteiger partial charge in [-0.1, -0.05) is 36.3 Å². The number of carbonyl (C=O) groups excluding carboxylic acids is 1. The number of ether oxygens (including phenoxy) is 1. The lowest BCUT2D eigenvalue weighted by atomic mass is 9.89. The van der Waals surface area contributed by atoms with Gasteiger partial charge in [0.25, 0.3) is 5.91 Å². The molecule has 24 heavy (non-hydrogen) atoms. The molecular formula is C19H22N2O3. The highest BCUT2D eigenvalue weighted by atomic mass is 16.5. The van der Waals surface area contributed by atoms with Crippen LogP contribution in [-0.4, -0.2) is 30.8 Å². The minimum Gasteiger partial charge on any atom is -0.381 e. The summed E-state index contributed by atoms with van der Waals surface area (Å²) in [6.07, 6.45) is 2.71. The molecule has 1 aliphatic heterocycles. The molecule has 1 fully saturated rings. The largest absolute Gasteiger partial charge is 0.381 e. The normalized spacial score (nSPS) is 22.5. The molecule has 5 heteroatoms. The maximum absolute atomic E-state index is 12.6. The third-order valence-corrected chi connectivity index (χ3v) is 5.25. The number of carbonyl (C=O) groups is 1. The molecular weight excluding hydrogens is 304 g/mol. The first-order chi connectivity index (χ1) is 11.7. The number of hydrogen-bond acceptors (Lipinski definition) is 4. The van der Waals surface area contributed by atoms with Crippen LogP contribution in [0.5, 0.6) is 0 Å². The fourth-order valence-electron chi connectivity index (χ4n) is 3.69. The van der Waals surface area contributed by atoms with E-state index in [4.69, 9.17) is 9.26 Å². The molecule has 0 saturated carbocycles. The lowest BCUT2D eigenvalue weighted by molar-refractivity contribution is 0.0243. The van der Waals surface area contributed by atoms with Crippen LogP contribution >= 0.6 is 0 Å². The van der Waals surface area contributed by atoms with Crippen LogP contribution in [0.25, 0.3) is 11.3 Å². The van der Waals surface area contributed by atoms with Crippen molar-refractivity contribution in [3.05, 3.63) is 41.1 Å². The Hall–Kier alpha value is -2.14. The van der Waals surface area contributed by atoms with Crippen LogP contribution in [-0.2, 0) is 17.6 Å². The molecule has 2 unspecified atom stereocenters. The third-order valence-electron chi connectivity index (χ3n) is 5.25. The second-order valence-corrected chi connectivity index (χ2v) is 6.81. The smallest absolute Gasteiger partial charge is 0.273 e. The summed E-state index contributed by atoms with van der Waals surface area (Å²) in [6.45, 7) is 4.39. The Bertz CT molecular complexity index is 753. The van der Waals surface area contributed by atoms with Crippen molar-refractivity contribution in [2.45, 2.75) is 26.2 Å². The molecule has 1 saturated heterocycles. The van der Waals surface area contributed by atoms with Gasteiger partial charge in [0.15, 0.2) is 11.5 Å². The number of rotatable bonds is 3. The number of benzene rings is 1. The van der Waals surface area contributed by atoms with Gasteiger partial charge in [-0.3, -0.25) is 4.79 Å². The molecule has 126 valence electrons. The monoisotopic (exact) mass is 326 g/mol. The zero-order valence-corrected chi connectivity index (χ0v) is 13.9. The van der Waals surface area contributed by atoms with Crippen molar-refractivity contribution in [3.8, 4) is 11.3 Å². The lowest BCUT2D eigenvalue weighted by Gasteiger charge is -2.28. The van der Waals surface area contributed by atoms with Crippen LogP contribution in [0, 0.1) is 11.8 Å². The lowest BCUT2D eigenvalue weighted by Crippen LogP contribution is -2.36. The Balaban J connectivity index is 1.50. The molecule has 0 bridgehead atoms. The van der Waals surface area contributed by atoms with Gasteiger partial charge in [-0.15, -0.1) is 0 Å². The summed E-state index contributed by atoms with van der Waals surface area (Å²) >= 11 is 0. The van der Waals surface area contributed by atoms with E-state index in [1.807, 2.05) is 18.2 Å². The molecule has 1 aromatic heterocycles. The number of amides is 1. The van der Waals surface area contributed by atoms with Crippen LogP contribution in [0.1, 0.15) is 35.0 Å². The van der Waals surface area contributed by atoms with Crippen molar-refractivity contribution in [1.29, 1.82) is 0 Å². The Morgan fingerprint density at radius 2 is 2.21 bits per heavy atom. The van der Waals surface area contributed by atoms with Crippen molar-refractivity contribution < 1.29 is 14.1 Å². The van der Waals surface area contributed by atoms with Gasteiger partial charge in [0.1, 0.15) is 0 Å². The number of aromatic nitrogens is 1. The van der Waals surface area contributed by atoms with Crippen molar-refractivity contribution in [2.75, 3.05) is 19.8 Å². The van der Waals surface area contributed by atoms with Gasteiger partial charge >= 0.3 is 0 Å². The van der Waals surface area contributed by atoms with E-state index in [9.17, 15) is 4.79 Å². The zero-order valence-electron chi connectivity index (χ0n) is 13.9. The standard InChI is InChI=1S/C19H22N2O3/c1-12-11-23-9-8-14(12)10-20-19(22)17-16-7-6-13-4-2-3-5-15(13)18(16)24-21-17/h2-5,12,14H,6-11H2,1H3,(H,20,22). The quantitative estimate of drug-likeness (QED) is 0.942. The molecule has 5 nitrogen and oxygen atoms in total. The van der Waals surface area contributed by atoms with Crippen LogP contribution in [0.15, 0.2) is 28.8 Å². The Kier molecular flexibility index (Phi) is 4.10. The summed E-state index contributed by atoms with van der Waals surface area (Å²) in [4.78, 5) is 12.6. The summed E-state index contributed by atoms with van der Waals surface area (Å²) in [6, 6.07) is 8.16. The summed E-state index contributed by atoms with van der Waals surface area (Å²) in [5, 5.41) is 7.11. The van der Waals surface area contributed by atoms with E-state index < -0.39 is 0 Å². The van der Waals surface area contributed by atoms with Gasteiger partial charge in [-0.2, -0.15) is 0 Å². The van der Waals surface area contributed by atoms with Crippen molar-refractivity contribution in [1.82, 2.24) is 10.5 Å². The van der Waals surface area contributed by atoms with Gasteiger partial charge in [0.2, 0.25) is 0 Å². The van der Waals surface area contributed by atoms with E-state index in [2.05, 4.69) is 23.5 Å². The van der Waals surface area contributed by atoms with E-state index in [1.54, 1.807) is 0 Å². The van der Waals surface area contributed by atoms with Crippen LogP contribution in [0.4, 0.5) is 0 Å². The van der Waals surface area contributed by atoms with Gasteiger partial charge in [0.05, 0.1) is 0 Å². The maximum Gasteiger partial charge on any atom is 0.273 e. The highest BCUT2D eigenvalue weighted by Crippen LogP contribution is 2.35. The Labute approximate surface area is 141 Å². The average Bonchev–Trinajstić information content (AvgIpc) is 3.05. The Morgan fingerprint density at radius 1 is 1.33 bits per heavy atom. The predicted molar refractivity (Wildman–Crippen MR) is 89.8 cm³/mol. The van der Waals surface area contributed by atoms with Crippen LogP contribution in [0.3, 0.4) is 0 Å². The van der Waals surface area contributed by atoms with E-state index in [0.29, 0.717) is 24.1 Å². The highest BCUT2D eigenvalue weighted by Gasteiger charge is 2.28. The molecule has 0 radical (unpaired) electrons. The molecule has 1 aromatic carbocycles. The van der Waals surface area contributed by atoms with E-state index in [1.165, 1.54) is 5.56 Å². The number of nitrogens with zero attached hydrogens (tertiary/aromatic N) is 1. The minimum atomic E-state index is -0.127. The second kappa shape index (κ2) is 6.40. The molecule has 1 amide bonds. The first-order valence-corrected chi connectivity index (χ1v) is 8.67. The minimum absolute atomic E-state index is 0.127. The fourth-order valence-corrected chi connectivity index (χ4v) is 3.69. The van der Waals surface area contributed by atoms with Crippen LogP contribution < -0.4 is 5.32 Å². The van der Waals surface area contributed by atoms with E-state index in [-0.39, 0.29) is 5.91 Å². The molecule has 2 heterocycles. The topological polar surface area (TPSA) is 64.4 Å². The summed E-state index contributed by atoms with van der Waals surface area (Å²) in [5.41, 5.74) is 3.69. The summed E-state index contributed by atoms with van der Waals surface area (Å²) < 4.78 is 11.0. The van der Waals surface area contributed by atoms with Gasteiger partial charge in [-0.05, 0) is 36.7 Å². The molecule has 1 aliphatic carbocycles. The van der Waals surface area contributed by atoms with Crippen LogP contribution in [0.2, 0.25) is 0 Å². The first kappa shape index (κ1) is 15.4. The first-order valence-electron chi connectivity index (χ1n) is 8.67. The fraction of sp³-hybridized carbons (Fsp3) is 0.474. The van der Waals surface area contributed by atoms with Crippen molar-refractivity contribution in [3.63, 3.8) is 0 Å². The second-order valence-electron chi connectivity index (χ2n) is 6.81. The number of nitrogens with one attached hydrogen (secondary N) is 1. The molecule has 2 aromatic rings. The zero-order chi connectivity index (χ0) is 16.5. The number of aryl methyl sites for hydroxylation is 1. The van der Waals surface area contributed by atoms with Crippen molar-refractivity contribution in [2.24, 2.45) is 11.8 Å². The molecule has 1 N–H and O–H groups in total. The molecule has 0 spiro atoms. The van der Waals surface area contributed by atoms with Crippen molar-refractivity contribution >= 4 is 5.91 Å². The van der Waals surface area contributed by atoms with E-state index >= 15 is 0 Å². The molecule has 2 atom stereocenters. The highest BCUT2D eigenvalue weighted by molar-refractivity contribution is 5.95. The molecule has 2 aliphatic rings. The predicted octanol–water partition coefficient (Wildman–Crippen LogP) is 2.84. The van der Waals surface area contributed by atoms with E-state index in [0.717, 1.165) is 49.4 Å². The third kappa shape index (κ3) is 2.73. The van der Waals surface area contributed by atoms with Gasteiger partial charge < -0.3 is 14.6 Å². The average molecular weight is 326 g/mol. The summed E-state index contributed by atoms with van der Waals surface area (Å²) in [5.74, 6) is 1.56. The number of fused-ring (bicyclic) bond motifs is 3. The van der Waals surface area contributed by atoms with Gasteiger partial charge in [-0.25, -0.2) is 0 Å². The number of hydrogen-bond donors (Lipinski definition) is 1. The van der Waals surface area contributed by atoms with Gasteiger partial charge in [0, 0.05) is 30.9 Å². The summed E-state index contributed by atoms with van der Waals surface area (Å²) in [7, 11) is 0. The SMILES string of the molecule is CC1COCCC1CNC(=O)c1noc2c1CCc1ccccc1-2. The Morgan fingerprint density at radius 3 is 3.08 bits per heavy atom. The molecule has 4 rings (SSSR count). The maximum atomic E-state index is 12.6.